The Kier molecular flexibility index (Phi) is 5.53. The highest BCUT2D eigenvalue weighted by atomic mass is 32.2. The van der Waals surface area contributed by atoms with Crippen molar-refractivity contribution >= 4 is 15.7 Å². The van der Waals surface area contributed by atoms with Crippen LogP contribution in [0, 0.1) is 10.1 Å². The van der Waals surface area contributed by atoms with Crippen LogP contribution in [0.3, 0.4) is 0 Å². The van der Waals surface area contributed by atoms with Crippen molar-refractivity contribution in [1.82, 2.24) is 4.72 Å². The first-order chi connectivity index (χ1) is 12.0. The van der Waals surface area contributed by atoms with Crippen LogP contribution in [-0.4, -0.2) is 26.0 Å². The van der Waals surface area contributed by atoms with Gasteiger partial charge < -0.3 is 9.47 Å². The van der Waals surface area contributed by atoms with Crippen LogP contribution in [0.15, 0.2) is 47.4 Å². The third-order valence-corrected chi connectivity index (χ3v) is 4.92. The van der Waals surface area contributed by atoms with Crippen molar-refractivity contribution in [3.63, 3.8) is 0 Å². The molecule has 0 bridgehead atoms. The number of rotatable bonds is 6. The Hall–Kier alpha value is -2.65. The quantitative estimate of drug-likeness (QED) is 0.607. The van der Waals surface area contributed by atoms with E-state index in [0.717, 1.165) is 6.07 Å². The fourth-order valence-electron chi connectivity index (χ4n) is 2.13. The lowest BCUT2D eigenvalue weighted by atomic mass is 10.1. The number of hydrogen-bond donors (Lipinski definition) is 1. The van der Waals surface area contributed by atoms with Gasteiger partial charge in [0.2, 0.25) is 15.8 Å². The summed E-state index contributed by atoms with van der Waals surface area (Å²) >= 11 is 0. The van der Waals surface area contributed by atoms with Crippen LogP contribution < -0.4 is 14.2 Å². The smallest absolute Gasteiger partial charge is 0.312 e. The number of nitrogens with one attached hydrogen (secondary N) is 1. The van der Waals surface area contributed by atoms with E-state index in [4.69, 9.17) is 9.47 Å². The summed E-state index contributed by atoms with van der Waals surface area (Å²) in [5, 5.41) is 11.4. The van der Waals surface area contributed by atoms with E-state index >= 15 is 0 Å². The molecule has 26 heavy (non-hydrogen) atoms. The highest BCUT2D eigenvalue weighted by Crippen LogP contribution is 2.34. The Morgan fingerprint density at radius 3 is 2.12 bits per heavy atom. The first kappa shape index (κ1) is 19.7. The van der Waals surface area contributed by atoms with E-state index in [2.05, 4.69) is 4.72 Å². The molecule has 0 aliphatic rings. The second kappa shape index (κ2) is 7.30. The molecule has 2 aromatic rings. The van der Waals surface area contributed by atoms with Gasteiger partial charge in [-0.15, -0.1) is 0 Å². The lowest BCUT2D eigenvalue weighted by Gasteiger charge is -2.20. The van der Waals surface area contributed by atoms with E-state index in [0.29, 0.717) is 11.5 Å². The van der Waals surface area contributed by atoms with E-state index in [1.807, 2.05) is 0 Å². The van der Waals surface area contributed by atoms with Crippen LogP contribution in [0.5, 0.6) is 17.2 Å². The lowest BCUT2D eigenvalue weighted by molar-refractivity contribution is -0.385. The van der Waals surface area contributed by atoms with Gasteiger partial charge in [-0.25, -0.2) is 13.1 Å². The van der Waals surface area contributed by atoms with Gasteiger partial charge in [-0.2, -0.15) is 0 Å². The molecule has 1 N–H and O–H groups in total. The number of hydrogen-bond acceptors (Lipinski definition) is 6. The minimum absolute atomic E-state index is 0.0603. The molecular formula is C17H20N2O6S. The first-order valence-corrected chi connectivity index (χ1v) is 9.14. The Bertz CT molecular complexity index is 902. The number of nitrogens with zero attached hydrogens (tertiary/aromatic N) is 1. The predicted molar refractivity (Wildman–Crippen MR) is 96.2 cm³/mol. The summed E-state index contributed by atoms with van der Waals surface area (Å²) in [4.78, 5) is 10.5. The number of sulfonamides is 1. The van der Waals surface area contributed by atoms with Crippen molar-refractivity contribution in [2.24, 2.45) is 0 Å². The zero-order valence-electron chi connectivity index (χ0n) is 14.8. The van der Waals surface area contributed by atoms with Crippen molar-refractivity contribution < 1.29 is 22.8 Å². The average molecular weight is 380 g/mol. The molecule has 9 heteroatoms. The van der Waals surface area contributed by atoms with Crippen LogP contribution in [0.1, 0.15) is 20.8 Å². The van der Waals surface area contributed by atoms with Gasteiger partial charge >= 0.3 is 5.69 Å². The molecule has 0 fully saturated rings. The van der Waals surface area contributed by atoms with E-state index in [1.54, 1.807) is 45.0 Å². The molecule has 2 rings (SSSR count). The van der Waals surface area contributed by atoms with Crippen LogP contribution in [-0.2, 0) is 10.0 Å². The normalized spacial score (nSPS) is 11.8. The van der Waals surface area contributed by atoms with Gasteiger partial charge in [-0.05, 0) is 57.2 Å². The van der Waals surface area contributed by atoms with Gasteiger partial charge in [-0.1, -0.05) is 0 Å². The third-order valence-electron chi connectivity index (χ3n) is 3.17. The molecule has 0 aromatic heterocycles. The molecule has 0 atom stereocenters. The topological polar surface area (TPSA) is 108 Å². The lowest BCUT2D eigenvalue weighted by Crippen LogP contribution is -2.40. The summed E-state index contributed by atoms with van der Waals surface area (Å²) < 4.78 is 37.8. The molecule has 0 amide bonds. The molecule has 0 saturated carbocycles. The van der Waals surface area contributed by atoms with Gasteiger partial charge in [0.1, 0.15) is 11.5 Å². The van der Waals surface area contributed by atoms with E-state index < -0.39 is 26.2 Å². The number of ether oxygens (including phenoxy) is 2. The fourth-order valence-corrected chi connectivity index (χ4v) is 3.56. The van der Waals surface area contributed by atoms with Crippen molar-refractivity contribution in [2.75, 3.05) is 7.11 Å². The average Bonchev–Trinajstić information content (AvgIpc) is 2.53. The largest absolute Gasteiger partial charge is 0.497 e. The van der Waals surface area contributed by atoms with Crippen LogP contribution in [0.2, 0.25) is 0 Å². The molecular weight excluding hydrogens is 360 g/mol. The number of nitro benzene ring substituents is 1. The number of methoxy groups -OCH3 is 1. The zero-order valence-corrected chi connectivity index (χ0v) is 15.7. The SMILES string of the molecule is COc1ccc(Oc2ccc(S(=O)(=O)NC(C)(C)C)cc2[N+](=O)[O-])cc1. The third kappa shape index (κ3) is 4.93. The second-order valence-corrected chi connectivity index (χ2v) is 8.20. The van der Waals surface area contributed by atoms with Crippen molar-refractivity contribution in [2.45, 2.75) is 31.2 Å². The molecule has 2 aromatic carbocycles. The van der Waals surface area contributed by atoms with E-state index in [9.17, 15) is 18.5 Å². The van der Waals surface area contributed by atoms with Crippen molar-refractivity contribution in [3.05, 3.63) is 52.6 Å². The molecule has 0 saturated heterocycles. The maximum absolute atomic E-state index is 12.4. The van der Waals surface area contributed by atoms with E-state index in [1.165, 1.54) is 19.2 Å². The minimum Gasteiger partial charge on any atom is -0.497 e. The Balaban J connectivity index is 2.38. The Morgan fingerprint density at radius 1 is 1.04 bits per heavy atom. The van der Waals surface area contributed by atoms with Gasteiger partial charge in [0, 0.05) is 11.6 Å². The maximum atomic E-state index is 12.4. The van der Waals surface area contributed by atoms with Gasteiger partial charge in [0.25, 0.3) is 0 Å². The van der Waals surface area contributed by atoms with Gasteiger partial charge in [0.15, 0.2) is 0 Å². The summed E-state index contributed by atoms with van der Waals surface area (Å²) in [6, 6.07) is 9.98. The van der Waals surface area contributed by atoms with Crippen molar-refractivity contribution in [1.29, 1.82) is 0 Å². The Labute approximate surface area is 152 Å². The Morgan fingerprint density at radius 2 is 1.62 bits per heavy atom. The summed E-state index contributed by atoms with van der Waals surface area (Å²) in [6.07, 6.45) is 0. The molecule has 140 valence electrons. The molecule has 8 nitrogen and oxygen atoms in total. The maximum Gasteiger partial charge on any atom is 0.312 e. The molecule has 0 aliphatic carbocycles. The van der Waals surface area contributed by atoms with Crippen LogP contribution in [0.25, 0.3) is 0 Å². The van der Waals surface area contributed by atoms with Crippen molar-refractivity contribution in [3.8, 4) is 17.2 Å². The molecule has 0 spiro atoms. The molecule has 0 aliphatic heterocycles. The molecule has 0 radical (unpaired) electrons. The number of nitro groups is 1. The van der Waals surface area contributed by atoms with Gasteiger partial charge in [-0.3, -0.25) is 10.1 Å². The highest BCUT2D eigenvalue weighted by Gasteiger charge is 2.26. The van der Waals surface area contributed by atoms with Gasteiger partial charge in [0.05, 0.1) is 16.9 Å². The highest BCUT2D eigenvalue weighted by molar-refractivity contribution is 7.89. The summed E-state index contributed by atoms with van der Waals surface area (Å²) in [6.45, 7) is 5.04. The molecule has 0 heterocycles. The van der Waals surface area contributed by atoms with Crippen LogP contribution in [0.4, 0.5) is 5.69 Å². The number of benzene rings is 2. The second-order valence-electron chi connectivity index (χ2n) is 6.52. The fraction of sp³-hybridized carbons (Fsp3) is 0.294. The standard InChI is InChI=1S/C17H20N2O6S/c1-17(2,3)18-26(22,23)14-9-10-16(15(11-14)19(20)21)25-13-7-5-12(24-4)6-8-13/h5-11,18H,1-4H3. The van der Waals surface area contributed by atoms with Crippen LogP contribution >= 0.6 is 0 Å². The molecule has 0 unspecified atom stereocenters. The summed E-state index contributed by atoms with van der Waals surface area (Å²) in [7, 11) is -2.38. The van der Waals surface area contributed by atoms with E-state index in [-0.39, 0.29) is 10.6 Å². The zero-order chi connectivity index (χ0) is 19.5. The monoisotopic (exact) mass is 380 g/mol. The minimum atomic E-state index is -3.90. The first-order valence-electron chi connectivity index (χ1n) is 7.66. The predicted octanol–water partition coefficient (Wildman–Crippen LogP) is 3.47. The summed E-state index contributed by atoms with van der Waals surface area (Å²) in [5.41, 5.74) is -1.16. The summed E-state index contributed by atoms with van der Waals surface area (Å²) in [5.74, 6) is 0.911.